The molecule has 3 heteroatoms. The first kappa shape index (κ1) is 17.2. The van der Waals surface area contributed by atoms with Gasteiger partial charge in [0.05, 0.1) is 18.3 Å². The molecule has 1 atom stereocenters. The summed E-state index contributed by atoms with van der Waals surface area (Å²) in [6, 6.07) is 0. The van der Waals surface area contributed by atoms with Crippen molar-refractivity contribution in [2.75, 3.05) is 26.8 Å². The van der Waals surface area contributed by atoms with Crippen molar-refractivity contribution in [3.05, 3.63) is 0 Å². The van der Waals surface area contributed by atoms with Gasteiger partial charge in [0, 0.05) is 13.2 Å². The minimum absolute atomic E-state index is 0.0390. The summed E-state index contributed by atoms with van der Waals surface area (Å²) < 4.78 is 12.2. The van der Waals surface area contributed by atoms with Crippen LogP contribution in [0, 0.1) is 11.3 Å². The molecule has 0 radical (unpaired) electrons. The van der Waals surface area contributed by atoms with Gasteiger partial charge in [-0.1, -0.05) is 20.8 Å². The minimum atomic E-state index is 0.0390. The third kappa shape index (κ3) is 4.94. The predicted molar refractivity (Wildman–Crippen MR) is 87.6 cm³/mol. The molecule has 1 heterocycles. The van der Waals surface area contributed by atoms with E-state index in [9.17, 15) is 0 Å². The smallest absolute Gasteiger partial charge is 0.0808 e. The Labute approximate surface area is 131 Å². The maximum atomic E-state index is 6.42. The molecular formula is C18H35NO2. The lowest BCUT2D eigenvalue weighted by molar-refractivity contribution is -0.127. The maximum absolute atomic E-state index is 6.42. The highest BCUT2D eigenvalue weighted by Gasteiger charge is 2.39. The number of nitrogens with one attached hydrogen (secondary N) is 1. The van der Waals surface area contributed by atoms with E-state index in [2.05, 4.69) is 26.1 Å². The molecule has 124 valence electrons. The summed E-state index contributed by atoms with van der Waals surface area (Å²) in [6.07, 6.45) is 8.94. The van der Waals surface area contributed by atoms with Crippen molar-refractivity contribution in [2.24, 2.45) is 11.3 Å². The van der Waals surface area contributed by atoms with Gasteiger partial charge in [-0.15, -0.1) is 0 Å². The molecule has 1 saturated carbocycles. The third-order valence-electron chi connectivity index (χ3n) is 5.47. The molecule has 2 rings (SSSR count). The van der Waals surface area contributed by atoms with E-state index >= 15 is 0 Å². The minimum Gasteiger partial charge on any atom is -0.376 e. The van der Waals surface area contributed by atoms with Crippen molar-refractivity contribution in [1.29, 1.82) is 0 Å². The van der Waals surface area contributed by atoms with Crippen LogP contribution in [0.4, 0.5) is 0 Å². The van der Waals surface area contributed by atoms with Crippen LogP contribution >= 0.6 is 0 Å². The second kappa shape index (κ2) is 7.43. The molecule has 2 fully saturated rings. The third-order valence-corrected chi connectivity index (χ3v) is 5.47. The van der Waals surface area contributed by atoms with Gasteiger partial charge < -0.3 is 14.8 Å². The molecule has 2 aliphatic rings. The van der Waals surface area contributed by atoms with Crippen LogP contribution in [0.1, 0.15) is 65.7 Å². The normalized spacial score (nSPS) is 34.9. The zero-order valence-corrected chi connectivity index (χ0v) is 14.5. The standard InChI is InChI=1S/C18H35NO2/c1-17(2,3)15-8-10-18(11-9-15,14-19-4)21-13-16-7-5-6-12-20-16/h15-16,19H,5-14H2,1-4H3. The number of hydrogen-bond donors (Lipinski definition) is 1. The molecule has 21 heavy (non-hydrogen) atoms. The Morgan fingerprint density at radius 3 is 2.38 bits per heavy atom. The van der Waals surface area contributed by atoms with Gasteiger partial charge in [-0.05, 0) is 63.3 Å². The lowest BCUT2D eigenvalue weighted by Gasteiger charge is -2.44. The summed E-state index contributed by atoms with van der Waals surface area (Å²) >= 11 is 0. The molecule has 0 aromatic heterocycles. The van der Waals surface area contributed by atoms with Crippen molar-refractivity contribution < 1.29 is 9.47 Å². The van der Waals surface area contributed by atoms with E-state index in [0.29, 0.717) is 11.5 Å². The van der Waals surface area contributed by atoms with Crippen LogP contribution < -0.4 is 5.32 Å². The highest BCUT2D eigenvalue weighted by atomic mass is 16.5. The summed E-state index contributed by atoms with van der Waals surface area (Å²) in [5.74, 6) is 0.831. The Morgan fingerprint density at radius 2 is 1.86 bits per heavy atom. The van der Waals surface area contributed by atoms with Crippen LogP contribution in [0.3, 0.4) is 0 Å². The number of ether oxygens (including phenoxy) is 2. The lowest BCUT2D eigenvalue weighted by Crippen LogP contribution is -2.48. The van der Waals surface area contributed by atoms with Gasteiger partial charge in [0.25, 0.3) is 0 Å². The van der Waals surface area contributed by atoms with E-state index in [1.165, 1.54) is 44.9 Å². The Bertz CT molecular complexity index is 297. The monoisotopic (exact) mass is 297 g/mol. The molecule has 1 aliphatic heterocycles. The van der Waals surface area contributed by atoms with E-state index in [0.717, 1.165) is 25.7 Å². The highest BCUT2D eigenvalue weighted by molar-refractivity contribution is 4.92. The first-order valence-electron chi connectivity index (χ1n) is 8.85. The van der Waals surface area contributed by atoms with Gasteiger partial charge in [-0.3, -0.25) is 0 Å². The van der Waals surface area contributed by atoms with Crippen LogP contribution in [0.25, 0.3) is 0 Å². The van der Waals surface area contributed by atoms with Gasteiger partial charge in [0.1, 0.15) is 0 Å². The average molecular weight is 297 g/mol. The molecule has 0 spiro atoms. The molecule has 0 amide bonds. The average Bonchev–Trinajstić information content (AvgIpc) is 2.46. The second-order valence-electron chi connectivity index (χ2n) is 8.15. The molecule has 0 aromatic rings. The summed E-state index contributed by atoms with van der Waals surface area (Å²) in [5, 5.41) is 3.35. The van der Waals surface area contributed by atoms with E-state index in [4.69, 9.17) is 9.47 Å². The van der Waals surface area contributed by atoms with Crippen molar-refractivity contribution in [1.82, 2.24) is 5.32 Å². The fraction of sp³-hybridized carbons (Fsp3) is 1.00. The SMILES string of the molecule is CNCC1(OCC2CCCCO2)CCC(C(C)(C)C)CC1. The van der Waals surface area contributed by atoms with E-state index in [1.54, 1.807) is 0 Å². The molecule has 1 N–H and O–H groups in total. The van der Waals surface area contributed by atoms with Crippen LogP contribution in [-0.2, 0) is 9.47 Å². The van der Waals surface area contributed by atoms with Gasteiger partial charge in [-0.25, -0.2) is 0 Å². The molecule has 1 unspecified atom stereocenters. The van der Waals surface area contributed by atoms with Crippen LogP contribution in [0.2, 0.25) is 0 Å². The zero-order valence-electron chi connectivity index (χ0n) is 14.5. The van der Waals surface area contributed by atoms with Crippen molar-refractivity contribution in [2.45, 2.75) is 77.4 Å². The van der Waals surface area contributed by atoms with Crippen molar-refractivity contribution >= 4 is 0 Å². The van der Waals surface area contributed by atoms with Gasteiger partial charge >= 0.3 is 0 Å². The topological polar surface area (TPSA) is 30.5 Å². The van der Waals surface area contributed by atoms with Crippen molar-refractivity contribution in [3.8, 4) is 0 Å². The quantitative estimate of drug-likeness (QED) is 0.838. The van der Waals surface area contributed by atoms with E-state index < -0.39 is 0 Å². The predicted octanol–water partition coefficient (Wildman–Crippen LogP) is 3.77. The van der Waals surface area contributed by atoms with E-state index in [1.807, 2.05) is 7.05 Å². The highest BCUT2D eigenvalue weighted by Crippen LogP contribution is 2.42. The Morgan fingerprint density at radius 1 is 1.14 bits per heavy atom. The Balaban J connectivity index is 1.86. The van der Waals surface area contributed by atoms with Gasteiger partial charge in [-0.2, -0.15) is 0 Å². The number of likely N-dealkylation sites (N-methyl/N-ethyl adjacent to an activating group) is 1. The Kier molecular flexibility index (Phi) is 6.10. The summed E-state index contributed by atoms with van der Waals surface area (Å²) in [4.78, 5) is 0. The molecule has 3 nitrogen and oxygen atoms in total. The zero-order chi connectivity index (χ0) is 15.3. The largest absolute Gasteiger partial charge is 0.376 e. The number of rotatable bonds is 5. The first-order chi connectivity index (χ1) is 9.95. The van der Waals surface area contributed by atoms with Gasteiger partial charge in [0.15, 0.2) is 0 Å². The maximum Gasteiger partial charge on any atom is 0.0808 e. The van der Waals surface area contributed by atoms with E-state index in [-0.39, 0.29) is 5.60 Å². The molecule has 1 aliphatic carbocycles. The molecule has 1 saturated heterocycles. The molecular weight excluding hydrogens is 262 g/mol. The van der Waals surface area contributed by atoms with Gasteiger partial charge in [0.2, 0.25) is 0 Å². The molecule has 0 aromatic carbocycles. The lowest BCUT2D eigenvalue weighted by atomic mass is 9.68. The summed E-state index contributed by atoms with van der Waals surface area (Å²) in [5.41, 5.74) is 0.468. The van der Waals surface area contributed by atoms with Crippen LogP contribution in [0.15, 0.2) is 0 Å². The fourth-order valence-corrected chi connectivity index (χ4v) is 3.91. The Hall–Kier alpha value is -0.120. The number of hydrogen-bond acceptors (Lipinski definition) is 3. The first-order valence-corrected chi connectivity index (χ1v) is 8.85. The molecule has 0 bridgehead atoms. The second-order valence-corrected chi connectivity index (χ2v) is 8.15. The van der Waals surface area contributed by atoms with Crippen LogP contribution in [-0.4, -0.2) is 38.5 Å². The van der Waals surface area contributed by atoms with Crippen molar-refractivity contribution in [3.63, 3.8) is 0 Å². The summed E-state index contributed by atoms with van der Waals surface area (Å²) in [7, 11) is 2.04. The van der Waals surface area contributed by atoms with Crippen LogP contribution in [0.5, 0.6) is 0 Å². The fourth-order valence-electron chi connectivity index (χ4n) is 3.91. The summed E-state index contributed by atoms with van der Waals surface area (Å²) in [6.45, 7) is 9.79.